The number of hydrogen-bond acceptors (Lipinski definition) is 4. The number of primary amides is 1. The van der Waals surface area contributed by atoms with Crippen molar-refractivity contribution in [2.24, 2.45) is 17.6 Å². The molecule has 0 spiro atoms. The van der Waals surface area contributed by atoms with Gasteiger partial charge in [-0.2, -0.15) is 0 Å². The standard InChI is InChI=1S/C15H21N3O3/c1-10-8-17-9-13(10)15(20)18-11-2-4-12(5-3-11)21-7-6-14(16)19/h2-5,10,13,17H,6-9H2,1H3,(H2,16,19)(H,18,20). The highest BCUT2D eigenvalue weighted by Crippen LogP contribution is 2.20. The van der Waals surface area contributed by atoms with E-state index in [0.717, 1.165) is 18.8 Å². The summed E-state index contributed by atoms with van der Waals surface area (Å²) in [5.41, 5.74) is 5.77. The number of nitrogens with two attached hydrogens (primary N) is 1. The van der Waals surface area contributed by atoms with Crippen LogP contribution in [0.25, 0.3) is 0 Å². The molecule has 114 valence electrons. The van der Waals surface area contributed by atoms with Crippen LogP contribution in [0.5, 0.6) is 5.75 Å². The van der Waals surface area contributed by atoms with E-state index in [0.29, 0.717) is 11.7 Å². The lowest BCUT2D eigenvalue weighted by Gasteiger charge is -2.14. The Morgan fingerprint density at radius 2 is 2.05 bits per heavy atom. The maximum Gasteiger partial charge on any atom is 0.229 e. The molecule has 0 saturated carbocycles. The lowest BCUT2D eigenvalue weighted by Crippen LogP contribution is -2.27. The third-order valence-electron chi connectivity index (χ3n) is 3.59. The molecule has 0 aliphatic carbocycles. The monoisotopic (exact) mass is 291 g/mol. The average molecular weight is 291 g/mol. The maximum absolute atomic E-state index is 12.1. The predicted molar refractivity (Wildman–Crippen MR) is 79.9 cm³/mol. The summed E-state index contributed by atoms with van der Waals surface area (Å²) in [4.78, 5) is 22.7. The van der Waals surface area contributed by atoms with Crippen LogP contribution in [-0.2, 0) is 9.59 Å². The molecule has 2 unspecified atom stereocenters. The van der Waals surface area contributed by atoms with E-state index < -0.39 is 5.91 Å². The molecule has 2 atom stereocenters. The van der Waals surface area contributed by atoms with Gasteiger partial charge in [0.15, 0.2) is 0 Å². The van der Waals surface area contributed by atoms with Gasteiger partial charge in [-0.25, -0.2) is 0 Å². The number of nitrogens with one attached hydrogen (secondary N) is 2. The summed E-state index contributed by atoms with van der Waals surface area (Å²) in [6, 6.07) is 7.08. The van der Waals surface area contributed by atoms with E-state index in [2.05, 4.69) is 17.6 Å². The van der Waals surface area contributed by atoms with Gasteiger partial charge in [0.2, 0.25) is 11.8 Å². The molecule has 4 N–H and O–H groups in total. The van der Waals surface area contributed by atoms with Gasteiger partial charge in [0.1, 0.15) is 5.75 Å². The Morgan fingerprint density at radius 1 is 1.33 bits per heavy atom. The largest absolute Gasteiger partial charge is 0.493 e. The third-order valence-corrected chi connectivity index (χ3v) is 3.59. The highest BCUT2D eigenvalue weighted by atomic mass is 16.5. The Bertz CT molecular complexity index is 501. The summed E-state index contributed by atoms with van der Waals surface area (Å²) < 4.78 is 5.37. The summed E-state index contributed by atoms with van der Waals surface area (Å²) in [7, 11) is 0. The van der Waals surface area contributed by atoms with E-state index in [1.54, 1.807) is 24.3 Å². The fourth-order valence-corrected chi connectivity index (χ4v) is 2.30. The predicted octanol–water partition coefficient (Wildman–Crippen LogP) is 0.735. The SMILES string of the molecule is CC1CNCC1C(=O)Nc1ccc(OCCC(N)=O)cc1. The number of carbonyl (C=O) groups is 2. The van der Waals surface area contributed by atoms with Crippen molar-refractivity contribution >= 4 is 17.5 Å². The smallest absolute Gasteiger partial charge is 0.229 e. The molecule has 1 saturated heterocycles. The molecule has 0 bridgehead atoms. The second-order valence-corrected chi connectivity index (χ2v) is 5.32. The molecule has 6 nitrogen and oxygen atoms in total. The summed E-state index contributed by atoms with van der Waals surface area (Å²) in [5.74, 6) is 0.649. The number of benzene rings is 1. The van der Waals surface area contributed by atoms with Gasteiger partial charge >= 0.3 is 0 Å². The van der Waals surface area contributed by atoms with E-state index >= 15 is 0 Å². The van der Waals surface area contributed by atoms with Gasteiger partial charge in [-0.15, -0.1) is 0 Å². The molecule has 1 aliphatic heterocycles. The highest BCUT2D eigenvalue weighted by molar-refractivity contribution is 5.93. The quantitative estimate of drug-likeness (QED) is 0.720. The minimum absolute atomic E-state index is 0.0106. The van der Waals surface area contributed by atoms with Gasteiger partial charge in [0.25, 0.3) is 0 Å². The van der Waals surface area contributed by atoms with Crippen LogP contribution in [0.2, 0.25) is 0 Å². The molecule has 0 aromatic heterocycles. The molecule has 21 heavy (non-hydrogen) atoms. The first-order valence-electron chi connectivity index (χ1n) is 7.09. The summed E-state index contributed by atoms with van der Waals surface area (Å²) >= 11 is 0. The summed E-state index contributed by atoms with van der Waals surface area (Å²) in [6.07, 6.45) is 0.186. The second kappa shape index (κ2) is 7.08. The number of carbonyl (C=O) groups excluding carboxylic acids is 2. The first-order valence-corrected chi connectivity index (χ1v) is 7.09. The molecule has 1 fully saturated rings. The maximum atomic E-state index is 12.1. The van der Waals surface area contributed by atoms with Gasteiger partial charge in [-0.05, 0) is 36.7 Å². The molecule has 6 heteroatoms. The Balaban J connectivity index is 1.84. The van der Waals surface area contributed by atoms with Crippen molar-refractivity contribution in [1.29, 1.82) is 0 Å². The molecule has 1 aromatic rings. The molecule has 1 aromatic carbocycles. The molecular formula is C15H21N3O3. The van der Waals surface area contributed by atoms with Crippen LogP contribution in [0.1, 0.15) is 13.3 Å². The van der Waals surface area contributed by atoms with Gasteiger partial charge in [0.05, 0.1) is 18.9 Å². The van der Waals surface area contributed by atoms with Crippen LogP contribution in [0.15, 0.2) is 24.3 Å². The first kappa shape index (κ1) is 15.3. The average Bonchev–Trinajstić information content (AvgIpc) is 2.87. The van der Waals surface area contributed by atoms with Crippen molar-refractivity contribution in [3.05, 3.63) is 24.3 Å². The van der Waals surface area contributed by atoms with Crippen molar-refractivity contribution in [2.45, 2.75) is 13.3 Å². The van der Waals surface area contributed by atoms with Crippen LogP contribution < -0.4 is 21.1 Å². The van der Waals surface area contributed by atoms with Gasteiger partial charge in [0, 0.05) is 12.2 Å². The highest BCUT2D eigenvalue weighted by Gasteiger charge is 2.29. The fraction of sp³-hybridized carbons (Fsp3) is 0.467. The van der Waals surface area contributed by atoms with Gasteiger partial charge in [-0.1, -0.05) is 6.92 Å². The number of hydrogen-bond donors (Lipinski definition) is 3. The molecule has 2 amide bonds. The molecule has 2 rings (SSSR count). The van der Waals surface area contributed by atoms with Gasteiger partial charge < -0.3 is 21.1 Å². The Kier molecular flexibility index (Phi) is 5.16. The molecule has 1 aliphatic rings. The Labute approximate surface area is 124 Å². The lowest BCUT2D eigenvalue weighted by molar-refractivity contribution is -0.120. The van der Waals surface area contributed by atoms with E-state index in [-0.39, 0.29) is 24.9 Å². The van der Waals surface area contributed by atoms with Crippen molar-refractivity contribution < 1.29 is 14.3 Å². The minimum Gasteiger partial charge on any atom is -0.493 e. The topological polar surface area (TPSA) is 93.4 Å². The van der Waals surface area contributed by atoms with Crippen molar-refractivity contribution in [1.82, 2.24) is 5.32 Å². The third kappa shape index (κ3) is 4.46. The summed E-state index contributed by atoms with van der Waals surface area (Å²) in [6.45, 7) is 3.93. The van der Waals surface area contributed by atoms with Crippen LogP contribution in [0.3, 0.4) is 0 Å². The Hall–Kier alpha value is -2.08. The zero-order valence-corrected chi connectivity index (χ0v) is 12.1. The Morgan fingerprint density at radius 3 is 2.62 bits per heavy atom. The van der Waals surface area contributed by atoms with E-state index in [1.807, 2.05) is 0 Å². The van der Waals surface area contributed by atoms with E-state index in [9.17, 15) is 9.59 Å². The van der Waals surface area contributed by atoms with Crippen LogP contribution in [-0.4, -0.2) is 31.5 Å². The van der Waals surface area contributed by atoms with Crippen LogP contribution >= 0.6 is 0 Å². The lowest BCUT2D eigenvalue weighted by atomic mass is 9.97. The molecule has 1 heterocycles. The van der Waals surface area contributed by atoms with Crippen molar-refractivity contribution in [2.75, 3.05) is 25.0 Å². The van der Waals surface area contributed by atoms with Crippen molar-refractivity contribution in [3.63, 3.8) is 0 Å². The first-order chi connectivity index (χ1) is 10.1. The van der Waals surface area contributed by atoms with Crippen LogP contribution in [0.4, 0.5) is 5.69 Å². The number of rotatable bonds is 6. The van der Waals surface area contributed by atoms with E-state index in [1.165, 1.54) is 0 Å². The molecular weight excluding hydrogens is 270 g/mol. The molecule has 0 radical (unpaired) electrons. The minimum atomic E-state index is -0.391. The zero-order valence-electron chi connectivity index (χ0n) is 12.1. The van der Waals surface area contributed by atoms with Gasteiger partial charge in [-0.3, -0.25) is 9.59 Å². The van der Waals surface area contributed by atoms with E-state index in [4.69, 9.17) is 10.5 Å². The number of ether oxygens (including phenoxy) is 1. The zero-order chi connectivity index (χ0) is 15.2. The fourth-order valence-electron chi connectivity index (χ4n) is 2.30. The normalized spacial score (nSPS) is 21.0. The van der Waals surface area contributed by atoms with Crippen molar-refractivity contribution in [3.8, 4) is 5.75 Å². The number of amides is 2. The second-order valence-electron chi connectivity index (χ2n) is 5.32. The van der Waals surface area contributed by atoms with Crippen LogP contribution in [0, 0.1) is 11.8 Å². The summed E-state index contributed by atoms with van der Waals surface area (Å²) in [5, 5.41) is 6.12. The number of anilines is 1.